The first kappa shape index (κ1) is 14.2. The molecule has 0 aliphatic rings. The highest BCUT2D eigenvalue weighted by Gasteiger charge is 2.12. The molecule has 0 amide bonds. The molecule has 0 spiro atoms. The van der Waals surface area contributed by atoms with Crippen LogP contribution in [-0.4, -0.2) is 0 Å². The number of terminal acetylenes is 1. The fourth-order valence-electron chi connectivity index (χ4n) is 1.91. The highest BCUT2D eigenvalue weighted by molar-refractivity contribution is 5.91. The van der Waals surface area contributed by atoms with Crippen LogP contribution in [-0.2, 0) is 6.42 Å². The fraction of sp³-hybridized carbons (Fsp3) is 0.250. The molecule has 2 rings (SSSR count). The highest BCUT2D eigenvalue weighted by Crippen LogP contribution is 2.27. The van der Waals surface area contributed by atoms with Crippen LogP contribution in [0, 0.1) is 24.0 Å². The molecule has 2 aromatic carbocycles. The van der Waals surface area contributed by atoms with E-state index in [9.17, 15) is 8.78 Å². The average Bonchev–Trinajstić information content (AvgIpc) is 2.41. The number of halogens is 2. The van der Waals surface area contributed by atoms with Crippen LogP contribution in [0.1, 0.15) is 31.9 Å². The zero-order valence-electron chi connectivity index (χ0n) is 10.8. The number of hydrogen-bond donors (Lipinski definition) is 0. The molecular formula is C16H16F2. The van der Waals surface area contributed by atoms with E-state index in [0.717, 1.165) is 11.6 Å². The van der Waals surface area contributed by atoms with Gasteiger partial charge in [-0.15, -0.1) is 6.42 Å². The Labute approximate surface area is 107 Å². The summed E-state index contributed by atoms with van der Waals surface area (Å²) in [5, 5.41) is 0.902. The van der Waals surface area contributed by atoms with Crippen LogP contribution in [0.4, 0.5) is 8.78 Å². The van der Waals surface area contributed by atoms with Gasteiger partial charge < -0.3 is 0 Å². The third-order valence-corrected chi connectivity index (χ3v) is 2.68. The van der Waals surface area contributed by atoms with Gasteiger partial charge in [-0.2, -0.15) is 0 Å². The molecule has 0 bridgehead atoms. The van der Waals surface area contributed by atoms with Crippen molar-refractivity contribution < 1.29 is 8.78 Å². The quantitative estimate of drug-likeness (QED) is 0.640. The molecule has 18 heavy (non-hydrogen) atoms. The third kappa shape index (κ3) is 2.36. The summed E-state index contributed by atoms with van der Waals surface area (Å²) in [6.07, 6.45) is 5.97. The van der Waals surface area contributed by atoms with E-state index in [4.69, 9.17) is 6.42 Å². The van der Waals surface area contributed by atoms with E-state index >= 15 is 0 Å². The largest absolute Gasteiger partial charge is 0.206 e. The van der Waals surface area contributed by atoms with Crippen molar-refractivity contribution >= 4 is 10.8 Å². The molecule has 0 unspecified atom stereocenters. The van der Waals surface area contributed by atoms with Gasteiger partial charge in [0.1, 0.15) is 11.6 Å². The summed E-state index contributed by atoms with van der Waals surface area (Å²) < 4.78 is 27.1. The van der Waals surface area contributed by atoms with Crippen molar-refractivity contribution in [3.63, 3.8) is 0 Å². The summed E-state index contributed by atoms with van der Waals surface area (Å²) in [7, 11) is 0. The lowest BCUT2D eigenvalue weighted by molar-refractivity contribution is 0.590. The predicted molar refractivity (Wildman–Crippen MR) is 72.5 cm³/mol. The van der Waals surface area contributed by atoms with Crippen LogP contribution in [0.25, 0.3) is 10.8 Å². The molecule has 0 heterocycles. The van der Waals surface area contributed by atoms with Crippen LogP contribution in [0.2, 0.25) is 0 Å². The van der Waals surface area contributed by atoms with Gasteiger partial charge in [-0.1, -0.05) is 44.9 Å². The minimum absolute atomic E-state index is 0.147. The summed E-state index contributed by atoms with van der Waals surface area (Å²) in [5.41, 5.74) is 1.01. The van der Waals surface area contributed by atoms with Crippen LogP contribution in [0.3, 0.4) is 0 Å². The Morgan fingerprint density at radius 1 is 1.17 bits per heavy atom. The molecule has 94 valence electrons. The molecule has 0 N–H and O–H groups in total. The molecule has 0 aromatic heterocycles. The molecule has 0 aliphatic carbocycles. The lowest BCUT2D eigenvalue weighted by atomic mass is 9.97. The summed E-state index contributed by atoms with van der Waals surface area (Å²) in [6.45, 7) is 5.93. The first-order valence-electron chi connectivity index (χ1n) is 6.05. The summed E-state index contributed by atoms with van der Waals surface area (Å²) in [6, 6.07) is 6.05. The number of benzene rings is 2. The van der Waals surface area contributed by atoms with Crippen LogP contribution < -0.4 is 0 Å². The molecular weight excluding hydrogens is 230 g/mol. The number of rotatable bonds is 1. The van der Waals surface area contributed by atoms with E-state index in [2.05, 4.69) is 5.92 Å². The van der Waals surface area contributed by atoms with Gasteiger partial charge in [0.15, 0.2) is 0 Å². The van der Waals surface area contributed by atoms with E-state index < -0.39 is 11.6 Å². The van der Waals surface area contributed by atoms with Gasteiger partial charge in [-0.05, 0) is 12.0 Å². The van der Waals surface area contributed by atoms with Crippen molar-refractivity contribution in [3.05, 3.63) is 47.0 Å². The molecule has 0 nitrogen and oxygen atoms in total. The van der Waals surface area contributed by atoms with Gasteiger partial charge in [-0.25, -0.2) is 8.78 Å². The second-order valence-electron chi connectivity index (χ2n) is 3.55. The second kappa shape index (κ2) is 6.16. The summed E-state index contributed by atoms with van der Waals surface area (Å²) in [4.78, 5) is 0. The van der Waals surface area contributed by atoms with Crippen molar-refractivity contribution in [2.24, 2.45) is 0 Å². The van der Waals surface area contributed by atoms with Crippen molar-refractivity contribution in [1.82, 2.24) is 0 Å². The van der Waals surface area contributed by atoms with Crippen molar-refractivity contribution in [2.75, 3.05) is 0 Å². The fourth-order valence-corrected chi connectivity index (χ4v) is 1.91. The Balaban J connectivity index is 0.000000771. The van der Waals surface area contributed by atoms with E-state index in [-0.39, 0.29) is 5.56 Å². The van der Waals surface area contributed by atoms with E-state index in [0.29, 0.717) is 17.2 Å². The molecule has 0 radical (unpaired) electrons. The minimum atomic E-state index is -0.673. The minimum Gasteiger partial charge on any atom is -0.206 e. The smallest absolute Gasteiger partial charge is 0.142 e. The van der Waals surface area contributed by atoms with Crippen LogP contribution in [0.5, 0.6) is 0 Å². The van der Waals surface area contributed by atoms with Gasteiger partial charge in [0.25, 0.3) is 0 Å². The van der Waals surface area contributed by atoms with Gasteiger partial charge in [0.2, 0.25) is 0 Å². The zero-order valence-corrected chi connectivity index (χ0v) is 10.8. The lowest BCUT2D eigenvalue weighted by Crippen LogP contribution is -1.94. The molecule has 0 saturated carbocycles. The van der Waals surface area contributed by atoms with Gasteiger partial charge in [0.05, 0.1) is 5.56 Å². The Hall–Kier alpha value is -1.88. The maximum Gasteiger partial charge on any atom is 0.142 e. The molecule has 2 aromatic rings. The van der Waals surface area contributed by atoms with Crippen molar-refractivity contribution in [2.45, 2.75) is 27.2 Å². The first-order valence-corrected chi connectivity index (χ1v) is 6.05. The van der Waals surface area contributed by atoms with Crippen molar-refractivity contribution in [3.8, 4) is 12.3 Å². The Bertz CT molecular complexity index is 592. The topological polar surface area (TPSA) is 0 Å². The third-order valence-electron chi connectivity index (χ3n) is 2.68. The van der Waals surface area contributed by atoms with Crippen LogP contribution in [0.15, 0.2) is 24.3 Å². The average molecular weight is 246 g/mol. The van der Waals surface area contributed by atoms with Crippen molar-refractivity contribution in [1.29, 1.82) is 0 Å². The molecule has 2 heteroatoms. The predicted octanol–water partition coefficient (Wildman–Crippen LogP) is 4.69. The van der Waals surface area contributed by atoms with Gasteiger partial charge in [-0.3, -0.25) is 0 Å². The first-order chi connectivity index (χ1) is 8.69. The monoisotopic (exact) mass is 246 g/mol. The molecule has 0 aliphatic heterocycles. The number of hydrogen-bond acceptors (Lipinski definition) is 0. The van der Waals surface area contributed by atoms with E-state index in [1.165, 1.54) is 0 Å². The zero-order chi connectivity index (χ0) is 13.7. The standard InChI is InChI=1S/C14H10F2.C2H6/c1-3-9-6-5-7-11-13(16)8-12(15)10(4-2)14(9)11;1-2/h2,5-8H,3H2,1H3;1-2H3. The van der Waals surface area contributed by atoms with Crippen LogP contribution >= 0.6 is 0 Å². The maximum absolute atomic E-state index is 13.6. The maximum atomic E-state index is 13.6. The number of aryl methyl sites for hydroxylation is 1. The normalized spacial score (nSPS) is 9.56. The Morgan fingerprint density at radius 3 is 2.39 bits per heavy atom. The lowest BCUT2D eigenvalue weighted by Gasteiger charge is -2.08. The number of fused-ring (bicyclic) bond motifs is 1. The second-order valence-corrected chi connectivity index (χ2v) is 3.55. The summed E-state index contributed by atoms with van der Waals surface area (Å²) >= 11 is 0. The van der Waals surface area contributed by atoms with E-state index in [1.54, 1.807) is 12.1 Å². The summed E-state index contributed by atoms with van der Waals surface area (Å²) in [5.74, 6) is 1.06. The molecule has 0 atom stereocenters. The molecule has 0 saturated heterocycles. The Kier molecular flexibility index (Phi) is 4.85. The highest BCUT2D eigenvalue weighted by atomic mass is 19.1. The molecule has 0 fully saturated rings. The van der Waals surface area contributed by atoms with Gasteiger partial charge in [0, 0.05) is 16.8 Å². The van der Waals surface area contributed by atoms with Gasteiger partial charge >= 0.3 is 0 Å². The van der Waals surface area contributed by atoms with E-state index in [1.807, 2.05) is 26.8 Å². The Morgan fingerprint density at radius 2 is 1.83 bits per heavy atom. The SMILES string of the molecule is C#Cc1c(F)cc(F)c2cccc(CC)c12.CC.